The van der Waals surface area contributed by atoms with E-state index in [2.05, 4.69) is 26.3 Å². The number of rotatable bonds is 21. The Morgan fingerprint density at radius 1 is 0.444 bits per heavy atom. The van der Waals surface area contributed by atoms with Crippen molar-refractivity contribution in [2.24, 2.45) is 0 Å². The van der Waals surface area contributed by atoms with E-state index in [1.807, 2.05) is 0 Å². The summed E-state index contributed by atoms with van der Waals surface area (Å²) in [4.78, 5) is 0. The Kier molecular flexibility index (Phi) is 20.3. The molecular weight excluding hydrogens is 340 g/mol. The van der Waals surface area contributed by atoms with Crippen molar-refractivity contribution in [1.29, 1.82) is 0 Å². The zero-order valence-corrected chi connectivity index (χ0v) is 20.4. The molecule has 0 aliphatic carbocycles. The number of hydrogen-bond donors (Lipinski definition) is 0. The van der Waals surface area contributed by atoms with Gasteiger partial charge in [-0.15, -0.1) is 12.0 Å². The molecule has 0 heterocycles. The molecule has 0 saturated carbocycles. The first-order chi connectivity index (χ1) is 13.2. The lowest BCUT2D eigenvalue weighted by atomic mass is 10.1. The van der Waals surface area contributed by atoms with Crippen molar-refractivity contribution in [1.82, 2.24) is 0 Å². The van der Waals surface area contributed by atoms with Gasteiger partial charge in [0.1, 0.15) is 8.07 Å². The molecule has 0 aromatic heterocycles. The fraction of sp³-hybridized carbons (Fsp3) is 0.923. The third kappa shape index (κ3) is 16.4. The lowest BCUT2D eigenvalue weighted by molar-refractivity contribution is 0.608. The Balaban J connectivity index is 4.26. The first-order valence-corrected chi connectivity index (χ1v) is 15.3. The lowest BCUT2D eigenvalue weighted by Gasteiger charge is -2.26. The Morgan fingerprint density at radius 2 is 0.704 bits per heavy atom. The van der Waals surface area contributed by atoms with E-state index in [4.69, 9.17) is 6.42 Å². The monoisotopic (exact) mass is 392 g/mol. The van der Waals surface area contributed by atoms with Crippen LogP contribution in [0.25, 0.3) is 0 Å². The minimum Gasteiger partial charge on any atom is -0.135 e. The van der Waals surface area contributed by atoms with Crippen LogP contribution in [0, 0.1) is 12.0 Å². The molecular formula is C26H52Si. The van der Waals surface area contributed by atoms with E-state index in [1.54, 1.807) is 0 Å². The fourth-order valence-electron chi connectivity index (χ4n) is 4.32. The summed E-state index contributed by atoms with van der Waals surface area (Å²) in [6.45, 7) is 6.91. The van der Waals surface area contributed by atoms with Crippen molar-refractivity contribution < 1.29 is 0 Å². The summed E-state index contributed by atoms with van der Waals surface area (Å²) in [5.74, 6) is 0. The lowest BCUT2D eigenvalue weighted by Crippen LogP contribution is -2.32. The normalized spacial score (nSPS) is 11.6. The quantitative estimate of drug-likeness (QED) is 0.104. The van der Waals surface area contributed by atoms with E-state index in [1.165, 1.54) is 134 Å². The van der Waals surface area contributed by atoms with Gasteiger partial charge in [0.25, 0.3) is 0 Å². The second-order valence-corrected chi connectivity index (χ2v) is 13.3. The van der Waals surface area contributed by atoms with Gasteiger partial charge in [-0.3, -0.25) is 0 Å². The van der Waals surface area contributed by atoms with Crippen LogP contribution < -0.4 is 0 Å². The van der Waals surface area contributed by atoms with Crippen LogP contribution in [0.15, 0.2) is 0 Å². The Bertz CT molecular complexity index is 287. The highest BCUT2D eigenvalue weighted by atomic mass is 28.3. The second-order valence-electron chi connectivity index (χ2n) is 8.98. The zero-order chi connectivity index (χ0) is 20.1. The van der Waals surface area contributed by atoms with Crippen molar-refractivity contribution in [2.45, 2.75) is 154 Å². The average Bonchev–Trinajstić information content (AvgIpc) is 2.69. The predicted molar refractivity (Wildman–Crippen MR) is 129 cm³/mol. The van der Waals surface area contributed by atoms with Crippen LogP contribution in [0.2, 0.25) is 18.1 Å². The van der Waals surface area contributed by atoms with E-state index in [-0.39, 0.29) is 0 Å². The minimum absolute atomic E-state index is 1.35. The largest absolute Gasteiger partial charge is 0.138 e. The highest BCUT2D eigenvalue weighted by Gasteiger charge is 2.29. The van der Waals surface area contributed by atoms with E-state index < -0.39 is 8.07 Å². The Labute approximate surface area is 174 Å². The van der Waals surface area contributed by atoms with E-state index in [0.717, 1.165) is 0 Å². The molecule has 0 spiro atoms. The van der Waals surface area contributed by atoms with Crippen LogP contribution in [-0.4, -0.2) is 8.07 Å². The van der Waals surface area contributed by atoms with Gasteiger partial charge in [-0.2, -0.15) is 0 Å². The minimum atomic E-state index is -1.45. The van der Waals surface area contributed by atoms with E-state index >= 15 is 0 Å². The van der Waals surface area contributed by atoms with Gasteiger partial charge in [-0.1, -0.05) is 136 Å². The molecule has 0 radical (unpaired) electrons. The molecule has 27 heavy (non-hydrogen) atoms. The van der Waals surface area contributed by atoms with Crippen molar-refractivity contribution in [3.05, 3.63) is 0 Å². The topological polar surface area (TPSA) is 0 Å². The molecule has 0 N–H and O–H groups in total. The number of hydrogen-bond acceptors (Lipinski definition) is 0. The molecule has 160 valence electrons. The number of unbranched alkanes of at least 4 members (excludes halogenated alkanes) is 15. The molecule has 0 aromatic rings. The van der Waals surface area contributed by atoms with Crippen molar-refractivity contribution in [3.8, 4) is 12.0 Å². The molecule has 0 amide bonds. The molecule has 0 aliphatic heterocycles. The van der Waals surface area contributed by atoms with E-state index in [0.29, 0.717) is 0 Å². The maximum Gasteiger partial charge on any atom is 0.138 e. The van der Waals surface area contributed by atoms with Gasteiger partial charge in [-0.25, -0.2) is 0 Å². The summed E-state index contributed by atoms with van der Waals surface area (Å²) in [6.07, 6.45) is 31.5. The average molecular weight is 393 g/mol. The van der Waals surface area contributed by atoms with Gasteiger partial charge in [0, 0.05) is 0 Å². The first-order valence-electron chi connectivity index (χ1n) is 12.7. The number of terminal acetylenes is 1. The summed E-state index contributed by atoms with van der Waals surface area (Å²) >= 11 is 0. The molecule has 0 aliphatic rings. The molecule has 0 atom stereocenters. The molecule has 1 heteroatoms. The van der Waals surface area contributed by atoms with Crippen molar-refractivity contribution >= 4 is 8.07 Å². The van der Waals surface area contributed by atoms with Gasteiger partial charge in [0.15, 0.2) is 0 Å². The first kappa shape index (κ1) is 26.8. The summed E-state index contributed by atoms with van der Waals surface area (Å²) in [6, 6.07) is 4.25. The predicted octanol–water partition coefficient (Wildman–Crippen LogP) is 9.69. The molecule has 0 unspecified atom stereocenters. The zero-order valence-electron chi connectivity index (χ0n) is 19.4. The molecule has 0 bridgehead atoms. The maximum absolute atomic E-state index is 6.21. The highest BCUT2D eigenvalue weighted by molar-refractivity contribution is 6.87. The van der Waals surface area contributed by atoms with Gasteiger partial charge in [-0.05, 0) is 18.1 Å². The van der Waals surface area contributed by atoms with Crippen LogP contribution in [0.5, 0.6) is 0 Å². The van der Waals surface area contributed by atoms with Gasteiger partial charge in [0.05, 0.1) is 0 Å². The second kappa shape index (κ2) is 20.5. The Morgan fingerprint density at radius 3 is 0.963 bits per heavy atom. The molecule has 0 aromatic carbocycles. The summed E-state index contributed by atoms with van der Waals surface area (Å²) in [5.41, 5.74) is 3.46. The van der Waals surface area contributed by atoms with Crippen molar-refractivity contribution in [3.63, 3.8) is 0 Å². The fourth-order valence-corrected chi connectivity index (χ4v) is 8.29. The van der Waals surface area contributed by atoms with Crippen LogP contribution in [0.1, 0.15) is 136 Å². The maximum atomic E-state index is 6.21. The molecule has 0 nitrogen and oxygen atoms in total. The van der Waals surface area contributed by atoms with Crippen LogP contribution in [0.3, 0.4) is 0 Å². The Hall–Kier alpha value is -0.223. The van der Waals surface area contributed by atoms with Crippen LogP contribution in [0.4, 0.5) is 0 Å². The standard InChI is InChI=1S/C26H52Si/c1-5-9-12-15-18-21-24-27(8-4,25-22-19-16-13-10-6-2)26-23-20-17-14-11-7-3/h4H,5-7,9-26H2,1-3H3. The van der Waals surface area contributed by atoms with E-state index in [9.17, 15) is 0 Å². The SMILES string of the molecule is C#C[Si](CCCCCCCC)(CCCCCCCC)CCCCCCCC. The van der Waals surface area contributed by atoms with Crippen LogP contribution in [-0.2, 0) is 0 Å². The van der Waals surface area contributed by atoms with Gasteiger partial charge in [0.2, 0.25) is 0 Å². The summed E-state index contributed by atoms with van der Waals surface area (Å²) in [7, 11) is -1.45. The molecule has 0 saturated heterocycles. The third-order valence-corrected chi connectivity index (χ3v) is 10.9. The van der Waals surface area contributed by atoms with Crippen LogP contribution >= 0.6 is 0 Å². The third-order valence-electron chi connectivity index (χ3n) is 6.33. The molecule has 0 rings (SSSR count). The smallest absolute Gasteiger partial charge is 0.135 e. The highest BCUT2D eigenvalue weighted by Crippen LogP contribution is 2.29. The van der Waals surface area contributed by atoms with Gasteiger partial charge >= 0.3 is 0 Å². The van der Waals surface area contributed by atoms with Gasteiger partial charge < -0.3 is 0 Å². The molecule has 0 fully saturated rings. The van der Waals surface area contributed by atoms with Crippen molar-refractivity contribution in [2.75, 3.05) is 0 Å². The summed E-state index contributed by atoms with van der Waals surface area (Å²) in [5, 5.41) is 0. The summed E-state index contributed by atoms with van der Waals surface area (Å²) < 4.78 is 0.